The molecule has 42 nitrogen and oxygen atoms in total. The third-order valence-corrected chi connectivity index (χ3v) is 13.5. The minimum atomic E-state index is -0.931. The van der Waals surface area contributed by atoms with Crippen LogP contribution in [0.15, 0.2) is 152 Å². The van der Waals surface area contributed by atoms with Crippen molar-refractivity contribution in [3.8, 4) is 53.3 Å². The molecule has 0 aromatic heterocycles. The molecule has 1 aliphatic heterocycles. The van der Waals surface area contributed by atoms with Crippen LogP contribution in [0.5, 0.6) is 23.0 Å². The van der Waals surface area contributed by atoms with Crippen LogP contribution < -0.4 is 128 Å². The second-order valence-electron chi connectivity index (χ2n) is 21.2. The Bertz CT molecular complexity index is 4660. The SMILES string of the molecule is COC(=N)c1ccc(NCCON)c(N)c1.Cl.N#Cc1ccc(F)c([N+](=O)[O-])c1.N#Cc1ccc(OCCO)c(N)c1.N#Cc1ccc(OCCO)c([N+](=O)[O-])c1.N#Cc1ccc(OCCON)c(N)c1.N#Cc1ccc(OCCON2C(=O)c3ccccc3C2=O)c(N)c1.N=C(N)c1ccc(NCCON)c(N)c1.NN.[CH3-].[Na+].[O-]CCO.[Pd]. The first-order chi connectivity index (χ1) is 55.2. The molecule has 0 saturated carbocycles. The topological polar surface area (TPSA) is 767 Å². The summed E-state index contributed by atoms with van der Waals surface area (Å²) < 4.78 is 38.1. The molecule has 1 heterocycles. The molecule has 9 rings (SSSR count). The van der Waals surface area contributed by atoms with Gasteiger partial charge in [-0.1, -0.05) is 12.1 Å². The van der Waals surface area contributed by atoms with Gasteiger partial charge in [-0.15, -0.1) is 24.1 Å². The zero-order valence-electron chi connectivity index (χ0n) is 64.2. The molecule has 8 aromatic rings. The van der Waals surface area contributed by atoms with Crippen LogP contribution in [0, 0.1) is 101 Å². The Hall–Kier alpha value is -12.7. The third kappa shape index (κ3) is 41.6. The second-order valence-corrected chi connectivity index (χ2v) is 21.2. The predicted octanol–water partition coefficient (Wildman–Crippen LogP) is 0.541. The second kappa shape index (κ2) is 65.4. The van der Waals surface area contributed by atoms with Gasteiger partial charge < -0.3 is 111 Å². The number of fused-ring (bicyclic) bond motifs is 1. The Kier molecular flexibility index (Phi) is 61.9. The number of amidine groups is 1. The van der Waals surface area contributed by atoms with E-state index in [0.717, 1.165) is 34.6 Å². The summed E-state index contributed by atoms with van der Waals surface area (Å²) in [6.45, 7) is 1.92. The molecule has 0 spiro atoms. The number of hydroxylamine groups is 2. The quantitative estimate of drug-likeness (QED) is 0.00304. The number of methoxy groups -OCH3 is 1. The number of nitriles is 5. The maximum absolute atomic E-state index is 12.6. The number of nitrogens with one attached hydrogen (secondary N) is 4. The van der Waals surface area contributed by atoms with Gasteiger partial charge >= 0.3 is 40.9 Å². The molecule has 2 amide bonds. The van der Waals surface area contributed by atoms with Crippen LogP contribution in [0.3, 0.4) is 0 Å². The number of rotatable bonds is 28. The van der Waals surface area contributed by atoms with Crippen LogP contribution in [-0.4, -0.2) is 153 Å². The number of aliphatic hydroxyl groups excluding tert-OH is 3. The number of nitrogens with two attached hydrogens (primary N) is 11. The number of halogens is 2. The van der Waals surface area contributed by atoms with E-state index < -0.39 is 33.2 Å². The van der Waals surface area contributed by atoms with E-state index in [1.807, 2.05) is 18.2 Å². The summed E-state index contributed by atoms with van der Waals surface area (Å²) in [6.07, 6.45) is 0. The van der Waals surface area contributed by atoms with E-state index in [2.05, 4.69) is 36.8 Å². The summed E-state index contributed by atoms with van der Waals surface area (Å²) in [6, 6.07) is 47.4. The molecular formula is C73H89ClFN23NaO19Pd-. The Morgan fingerprint density at radius 3 is 1.19 bits per heavy atom. The number of nitrogens with zero attached hydrogens (tertiary/aromatic N) is 8. The molecule has 0 fully saturated rings. The molecule has 636 valence electrons. The van der Waals surface area contributed by atoms with E-state index in [0.29, 0.717) is 124 Å². The van der Waals surface area contributed by atoms with E-state index in [9.17, 15) is 34.2 Å². The zero-order chi connectivity index (χ0) is 86.2. The maximum Gasteiger partial charge on any atom is 1.00 e. The van der Waals surface area contributed by atoms with Crippen molar-refractivity contribution in [1.29, 1.82) is 37.1 Å². The Labute approximate surface area is 724 Å². The van der Waals surface area contributed by atoms with Gasteiger partial charge in [-0.05, 0) is 127 Å². The van der Waals surface area contributed by atoms with E-state index in [1.165, 1.54) is 37.4 Å². The van der Waals surface area contributed by atoms with Crippen molar-refractivity contribution < 1.29 is 137 Å². The smallest absolute Gasteiger partial charge is 0.853 e. The fourth-order valence-corrected chi connectivity index (χ4v) is 8.26. The number of aliphatic hydroxyl groups is 3. The summed E-state index contributed by atoms with van der Waals surface area (Å²) in [5, 5.41) is 119. The van der Waals surface area contributed by atoms with Gasteiger partial charge in [-0.25, -0.2) is 17.7 Å². The molecule has 0 aliphatic carbocycles. The predicted molar refractivity (Wildman–Crippen MR) is 429 cm³/mol. The number of carbonyl (C=O) groups is 2. The van der Waals surface area contributed by atoms with E-state index in [1.54, 1.807) is 115 Å². The van der Waals surface area contributed by atoms with E-state index in [-0.39, 0.29) is 157 Å². The number of benzene rings is 8. The summed E-state index contributed by atoms with van der Waals surface area (Å²) in [5.74, 6) is 22.2. The molecule has 1 aliphatic rings. The first kappa shape index (κ1) is 113. The molecule has 0 radical (unpaired) electrons. The molecule has 0 saturated heterocycles. The summed E-state index contributed by atoms with van der Waals surface area (Å²) in [4.78, 5) is 61.8. The van der Waals surface area contributed by atoms with Gasteiger partial charge in [0.15, 0.2) is 5.75 Å². The van der Waals surface area contributed by atoms with Crippen molar-refractivity contribution in [2.75, 3.05) is 139 Å². The minimum absolute atomic E-state index is 0. The maximum atomic E-state index is 12.6. The molecule has 46 heteroatoms. The van der Waals surface area contributed by atoms with Crippen LogP contribution in [-0.2, 0) is 44.5 Å². The monoisotopic (exact) mass is 1770 g/mol. The first-order valence-corrected chi connectivity index (χ1v) is 32.7. The zero-order valence-corrected chi connectivity index (χ0v) is 68.6. The summed E-state index contributed by atoms with van der Waals surface area (Å²) in [5.41, 5.74) is 40.3. The van der Waals surface area contributed by atoms with Gasteiger partial charge in [0.1, 0.15) is 62.7 Å². The number of hydrogen-bond acceptors (Lipinski definition) is 38. The fourth-order valence-electron chi connectivity index (χ4n) is 8.26. The van der Waals surface area contributed by atoms with Crippen molar-refractivity contribution in [2.24, 2.45) is 35.1 Å². The number of carbonyl (C=O) groups excluding carboxylic acids is 2. The van der Waals surface area contributed by atoms with Gasteiger partial charge in [0.05, 0.1) is 152 Å². The van der Waals surface area contributed by atoms with Crippen molar-refractivity contribution in [3.63, 3.8) is 0 Å². The fraction of sp³-hybridized carbons (Fsp3) is 0.205. The molecule has 0 atom stereocenters. The summed E-state index contributed by atoms with van der Waals surface area (Å²) in [7, 11) is 1.45. The average Bonchev–Trinajstić information content (AvgIpc) is 1.64. The van der Waals surface area contributed by atoms with Crippen LogP contribution in [0.25, 0.3) is 0 Å². The Morgan fingerprint density at radius 2 is 0.849 bits per heavy atom. The third-order valence-electron chi connectivity index (χ3n) is 13.5. The number of imide groups is 1. The molecule has 29 N–H and O–H groups in total. The normalized spacial score (nSPS) is 9.68. The number of nitrogen functional groups attached to an aromatic ring is 6. The van der Waals surface area contributed by atoms with Crippen LogP contribution in [0.1, 0.15) is 59.7 Å². The molecule has 0 unspecified atom stereocenters. The minimum Gasteiger partial charge on any atom is -0.853 e. The van der Waals surface area contributed by atoms with Crippen LogP contribution in [0.2, 0.25) is 0 Å². The summed E-state index contributed by atoms with van der Waals surface area (Å²) >= 11 is 0. The Balaban J connectivity index is -0.000000644. The first-order valence-electron chi connectivity index (χ1n) is 32.7. The number of amides is 2. The number of nitro groups is 2. The van der Waals surface area contributed by atoms with Gasteiger partial charge in [-0.2, -0.15) is 30.7 Å². The molecule has 119 heavy (non-hydrogen) atoms. The number of anilines is 7. The van der Waals surface area contributed by atoms with Gasteiger partial charge in [0, 0.05) is 63.4 Å². The number of hydrazine groups is 1. The molecular weight excluding hydrogens is 1690 g/mol. The van der Waals surface area contributed by atoms with E-state index in [4.69, 9.17) is 138 Å². The largest absolute Gasteiger partial charge is 1.00 e. The van der Waals surface area contributed by atoms with Gasteiger partial charge in [-0.3, -0.25) is 57.2 Å². The molecule has 0 bridgehead atoms. The number of ether oxygens (including phenoxy) is 5. The van der Waals surface area contributed by atoms with Crippen LogP contribution in [0.4, 0.5) is 55.6 Å². The number of hydrogen-bond donors (Lipinski definition) is 18. The van der Waals surface area contributed by atoms with E-state index >= 15 is 0 Å². The van der Waals surface area contributed by atoms with Gasteiger partial charge in [0.2, 0.25) is 11.7 Å². The van der Waals surface area contributed by atoms with Crippen molar-refractivity contribution >= 4 is 87.1 Å². The van der Waals surface area contributed by atoms with Crippen LogP contribution >= 0.6 is 12.4 Å². The average molecular weight is 1780 g/mol. The van der Waals surface area contributed by atoms with Crippen molar-refractivity contribution in [2.45, 2.75) is 0 Å². The van der Waals surface area contributed by atoms with Crippen molar-refractivity contribution in [1.82, 2.24) is 5.06 Å². The standard InChI is InChI=1S/C17H13N3O4.C10H16N4O2.C9H15N5O.C9H11N3O2.C9H8N2O4.C9H10N2O2.C7H3FN2O2.C2H5O2.CH3.ClH.H4N2.Na.Pd/c18-10-11-5-6-15(14(19)9-11)23-7-8-24-20-16(21)12-3-1-2-4-13(12)17(20)22;1-15-10(12)7-2-3-9(8(11)6-7)14-4-5-16-13;10-7-5-6(9(11)12)1-2-8(7)14-3-4-15-13;10-6-7-1-2-9(8(11)5-7)13-3-4-14-12;10-6-7-1-2-9(15-4-3-12)8(5-7)11(13)14;10-6-7-1-2-9(8(11)5-7)13-4-3-12;8-6-2-1-5(4-9)3-7(6)10(11)12;3-1-2-4;;;1-2;;/h1-6,9H,7-8,19H2;2-3,6,12,14H,4-5,11,13H2,1H3;1-2,5,14H,3-4,10,13H2,(H3,11,12);1-2,5H,3-4,11-12H2;1-2,5,12H,3-4H2;1-2,5,12H,3-4,11H2;1-3H;3H,1-2H2;1H3;1H;1-2H2;;/q;;;;;;;2*-1;;;+1;. The Morgan fingerprint density at radius 1 is 0.504 bits per heavy atom. The molecule has 8 aromatic carbocycles. The van der Waals surface area contributed by atoms with Gasteiger partial charge in [0.25, 0.3) is 11.8 Å². The number of nitro benzene ring substituents is 2. The van der Waals surface area contributed by atoms with Crippen molar-refractivity contribution in [3.05, 3.63) is 235 Å².